The Morgan fingerprint density at radius 1 is 1.02 bits per heavy atom. The molecular formula is C31H29N7O4. The van der Waals surface area contributed by atoms with Crippen LogP contribution in [0.1, 0.15) is 12.8 Å². The Morgan fingerprint density at radius 3 is 2.50 bits per heavy atom. The maximum Gasteiger partial charge on any atom is 0.339 e. The third-order valence-corrected chi connectivity index (χ3v) is 7.15. The summed E-state index contributed by atoms with van der Waals surface area (Å²) in [4.78, 5) is 34.9. The molecule has 1 amide bonds. The highest BCUT2D eigenvalue weighted by Gasteiger charge is 2.34. The minimum absolute atomic E-state index is 0.119. The topological polar surface area (TPSA) is 140 Å². The zero-order chi connectivity index (χ0) is 29.3. The summed E-state index contributed by atoms with van der Waals surface area (Å²) in [6.07, 6.45) is 6.11. The van der Waals surface area contributed by atoms with E-state index >= 15 is 0 Å². The second kappa shape index (κ2) is 11.0. The Balaban J connectivity index is 1.29. The number of fused-ring (bicyclic) bond motifs is 1. The van der Waals surface area contributed by atoms with Crippen LogP contribution in [-0.2, 0) is 4.79 Å². The highest BCUT2D eigenvalue weighted by molar-refractivity contribution is 5.99. The van der Waals surface area contributed by atoms with Gasteiger partial charge in [0.25, 0.3) is 0 Å². The number of quaternary nitrogens is 1. The largest absolute Gasteiger partial charge is 0.633 e. The number of nitrogens with one attached hydrogen (secondary N) is 1. The molecule has 42 heavy (non-hydrogen) atoms. The summed E-state index contributed by atoms with van der Waals surface area (Å²) in [6, 6.07) is 23.4. The van der Waals surface area contributed by atoms with Crippen LogP contribution in [0.2, 0.25) is 0 Å². The van der Waals surface area contributed by atoms with Crippen molar-refractivity contribution in [1.82, 2.24) is 19.1 Å². The lowest BCUT2D eigenvalue weighted by atomic mass is 10.2. The van der Waals surface area contributed by atoms with Crippen molar-refractivity contribution in [2.24, 2.45) is 0 Å². The summed E-state index contributed by atoms with van der Waals surface area (Å²) in [5.74, 6) is 1.07. The zero-order valence-corrected chi connectivity index (χ0v) is 22.9. The number of nitrogens with zero attached hydrogens (tertiary/aromatic N) is 5. The van der Waals surface area contributed by atoms with Gasteiger partial charge in [0.2, 0.25) is 5.91 Å². The first-order valence-electron chi connectivity index (χ1n) is 13.5. The van der Waals surface area contributed by atoms with Crippen LogP contribution in [0.25, 0.3) is 22.5 Å². The van der Waals surface area contributed by atoms with Crippen molar-refractivity contribution in [2.45, 2.75) is 18.9 Å². The number of imidazole rings is 1. The predicted octanol–water partition coefficient (Wildman–Crippen LogP) is 4.55. The molecule has 11 nitrogen and oxygen atoms in total. The average Bonchev–Trinajstić information content (AvgIpc) is 3.79. The van der Waals surface area contributed by atoms with Crippen molar-refractivity contribution in [3.8, 4) is 22.9 Å². The van der Waals surface area contributed by atoms with Crippen molar-refractivity contribution in [3.63, 3.8) is 0 Å². The van der Waals surface area contributed by atoms with Gasteiger partial charge in [-0.3, -0.25) is 9.36 Å². The number of hydroxylamine groups is 3. The Hall–Kier alpha value is -5.26. The number of rotatable bonds is 9. The van der Waals surface area contributed by atoms with Crippen LogP contribution in [0.5, 0.6) is 11.5 Å². The Kier molecular flexibility index (Phi) is 7.03. The van der Waals surface area contributed by atoms with Gasteiger partial charge < -0.3 is 25.6 Å². The fourth-order valence-corrected chi connectivity index (χ4v) is 4.85. The van der Waals surface area contributed by atoms with Crippen LogP contribution < -0.4 is 21.5 Å². The van der Waals surface area contributed by atoms with Crippen molar-refractivity contribution in [1.29, 1.82) is 0 Å². The molecule has 1 aliphatic carbocycles. The van der Waals surface area contributed by atoms with E-state index < -0.39 is 5.69 Å². The number of nitrogens with two attached hydrogens (primary N) is 1. The molecular weight excluding hydrogens is 534 g/mol. The fraction of sp³-hybridized carbons (Fsp3) is 0.161. The summed E-state index contributed by atoms with van der Waals surface area (Å²) in [7, 11) is 1.63. The molecule has 0 bridgehead atoms. The minimum atomic E-state index is -0.412. The molecule has 3 N–H and O–H groups in total. The van der Waals surface area contributed by atoms with Gasteiger partial charge in [0.15, 0.2) is 11.5 Å². The van der Waals surface area contributed by atoms with Crippen molar-refractivity contribution < 1.29 is 14.2 Å². The maximum absolute atomic E-state index is 13.9. The summed E-state index contributed by atoms with van der Waals surface area (Å²) < 4.78 is 8.38. The second-order valence-corrected chi connectivity index (χ2v) is 10.3. The number of nitrogen functional groups attached to an aromatic ring is 1. The molecule has 1 atom stereocenters. The van der Waals surface area contributed by atoms with Gasteiger partial charge in [-0.1, -0.05) is 24.3 Å². The highest BCUT2D eigenvalue weighted by atomic mass is 16.5. The van der Waals surface area contributed by atoms with Gasteiger partial charge in [-0.15, -0.1) is 0 Å². The Morgan fingerprint density at radius 2 is 1.76 bits per heavy atom. The van der Waals surface area contributed by atoms with E-state index in [2.05, 4.69) is 15.3 Å². The number of likely N-dealkylation sites (N-methyl/N-ethyl adjacent to an activating group) is 1. The molecule has 1 unspecified atom stereocenters. The number of anilines is 2. The molecule has 11 heteroatoms. The number of carbonyl (C=O) groups is 1. The van der Waals surface area contributed by atoms with E-state index in [-0.39, 0.29) is 29.0 Å². The van der Waals surface area contributed by atoms with Crippen LogP contribution in [0.4, 0.5) is 11.5 Å². The molecule has 0 aliphatic heterocycles. The SMILES string of the molecule is C[N+]([O-])(C/C=C/C(=O)Nc1cccc(-n2c(=O)n(-c3ccc(Oc4ccccc4)cc3)c3c(N)ncnc32)c1)C1CC1. The van der Waals surface area contributed by atoms with E-state index in [0.717, 1.165) is 12.8 Å². The molecule has 0 saturated heterocycles. The Bertz CT molecular complexity index is 1840. The first-order chi connectivity index (χ1) is 20.3. The second-order valence-electron chi connectivity index (χ2n) is 10.3. The highest BCUT2D eigenvalue weighted by Crippen LogP contribution is 2.31. The third-order valence-electron chi connectivity index (χ3n) is 7.15. The van der Waals surface area contributed by atoms with E-state index in [9.17, 15) is 14.8 Å². The number of aromatic nitrogens is 4. The molecule has 0 spiro atoms. The van der Waals surface area contributed by atoms with E-state index in [1.165, 1.54) is 21.5 Å². The average molecular weight is 564 g/mol. The van der Waals surface area contributed by atoms with Crippen molar-refractivity contribution >= 4 is 28.6 Å². The third kappa shape index (κ3) is 5.51. The number of benzene rings is 3. The van der Waals surface area contributed by atoms with Crippen molar-refractivity contribution in [3.05, 3.63) is 113 Å². The summed E-state index contributed by atoms with van der Waals surface area (Å²) in [5, 5.41) is 15.3. The number of carbonyl (C=O) groups excluding carboxylic acids is 1. The summed E-state index contributed by atoms with van der Waals surface area (Å²) in [6.45, 7) is 0.230. The number of ether oxygens (including phenoxy) is 1. The maximum atomic E-state index is 13.9. The monoisotopic (exact) mass is 563 g/mol. The van der Waals surface area contributed by atoms with Crippen LogP contribution in [0.15, 0.2) is 102 Å². The standard InChI is InChI=1S/C31H29N7O4/c1-38(41,24-14-15-24)18-6-11-27(39)35-21-7-5-8-23(19-21)37-30-28(29(32)33-20-34-30)36(31(37)40)22-12-16-26(17-13-22)42-25-9-3-2-4-10-25/h2-13,16-17,19-20,24H,14-15,18H2,1H3,(H,35,39)(H2,32,33,34)/b11-6+. The fourth-order valence-electron chi connectivity index (χ4n) is 4.85. The van der Waals surface area contributed by atoms with Crippen LogP contribution in [-0.4, -0.2) is 49.3 Å². The van der Waals surface area contributed by atoms with Crippen LogP contribution >= 0.6 is 0 Å². The van der Waals surface area contributed by atoms with Crippen LogP contribution in [0, 0.1) is 5.21 Å². The number of amides is 1. The summed E-state index contributed by atoms with van der Waals surface area (Å²) in [5.41, 5.74) is 8.00. The Labute approximate surface area is 241 Å². The van der Waals surface area contributed by atoms with E-state index in [4.69, 9.17) is 10.5 Å². The molecule has 3 aromatic carbocycles. The van der Waals surface area contributed by atoms with E-state index in [1.807, 2.05) is 30.3 Å². The molecule has 6 rings (SSSR count). The summed E-state index contributed by atoms with van der Waals surface area (Å²) >= 11 is 0. The van der Waals surface area contributed by atoms with Gasteiger partial charge in [0, 0.05) is 24.6 Å². The predicted molar refractivity (Wildman–Crippen MR) is 161 cm³/mol. The van der Waals surface area contributed by atoms with Gasteiger partial charge in [-0.25, -0.2) is 19.3 Å². The number of para-hydroxylation sites is 1. The lowest BCUT2D eigenvalue weighted by molar-refractivity contribution is -0.865. The first-order valence-corrected chi connectivity index (χ1v) is 13.5. The molecule has 1 saturated carbocycles. The van der Waals surface area contributed by atoms with E-state index in [0.29, 0.717) is 39.7 Å². The van der Waals surface area contributed by atoms with Crippen molar-refractivity contribution in [2.75, 3.05) is 24.6 Å². The molecule has 0 radical (unpaired) electrons. The molecule has 2 aromatic heterocycles. The van der Waals surface area contributed by atoms with E-state index in [1.54, 1.807) is 61.7 Å². The number of hydrogen-bond acceptors (Lipinski definition) is 7. The van der Waals surface area contributed by atoms with Gasteiger partial charge in [0.1, 0.15) is 23.3 Å². The smallest absolute Gasteiger partial charge is 0.339 e. The first kappa shape index (κ1) is 26.9. The van der Waals surface area contributed by atoms with Gasteiger partial charge >= 0.3 is 5.69 Å². The molecule has 1 aliphatic rings. The minimum Gasteiger partial charge on any atom is -0.633 e. The quantitative estimate of drug-likeness (QED) is 0.152. The molecule has 2 heterocycles. The lowest BCUT2D eigenvalue weighted by Crippen LogP contribution is -2.39. The van der Waals surface area contributed by atoms with Gasteiger partial charge in [-0.2, -0.15) is 0 Å². The molecule has 1 fully saturated rings. The number of hydrogen-bond donors (Lipinski definition) is 2. The molecule has 5 aromatic rings. The van der Waals surface area contributed by atoms with Gasteiger partial charge in [0.05, 0.1) is 31.0 Å². The van der Waals surface area contributed by atoms with Crippen LogP contribution in [0.3, 0.4) is 0 Å². The van der Waals surface area contributed by atoms with Gasteiger partial charge in [-0.05, 0) is 60.7 Å². The normalized spacial score (nSPS) is 14.6. The molecule has 212 valence electrons. The lowest BCUT2D eigenvalue weighted by Gasteiger charge is -2.38. The zero-order valence-electron chi connectivity index (χ0n) is 22.9.